The molecular weight excluding hydrogens is 280 g/mol. The molecule has 6 nitrogen and oxygen atoms in total. The number of carbonyl (C=O) groups excluding carboxylic acids is 2. The Labute approximate surface area is 127 Å². The first-order valence-electron chi connectivity index (χ1n) is 6.98. The molecule has 1 unspecified atom stereocenters. The number of nitrogens with one attached hydrogen (secondary N) is 3. The van der Waals surface area contributed by atoms with E-state index in [2.05, 4.69) is 20.9 Å². The summed E-state index contributed by atoms with van der Waals surface area (Å²) in [6, 6.07) is 0.0391. The zero-order valence-electron chi connectivity index (χ0n) is 12.6. The fourth-order valence-corrected chi connectivity index (χ4v) is 2.15. The molecule has 7 heteroatoms. The second-order valence-corrected chi connectivity index (χ2v) is 5.51. The van der Waals surface area contributed by atoms with Crippen molar-refractivity contribution in [1.82, 2.24) is 20.9 Å². The molecule has 0 aromatic heterocycles. The molecule has 0 aromatic carbocycles. The van der Waals surface area contributed by atoms with Crippen LogP contribution in [0, 0.1) is 5.92 Å². The lowest BCUT2D eigenvalue weighted by atomic mass is 10.1. The number of nitrogens with zero attached hydrogens (tertiary/aromatic N) is 1. The van der Waals surface area contributed by atoms with E-state index in [-0.39, 0.29) is 24.9 Å². The fraction of sp³-hybridized carbons (Fsp3) is 0.846. The summed E-state index contributed by atoms with van der Waals surface area (Å²) in [4.78, 5) is 25.3. The van der Waals surface area contributed by atoms with Gasteiger partial charge in [0.25, 0.3) is 0 Å². The van der Waals surface area contributed by atoms with E-state index in [4.69, 9.17) is 0 Å². The van der Waals surface area contributed by atoms with Crippen LogP contribution in [0.25, 0.3) is 0 Å². The van der Waals surface area contributed by atoms with E-state index in [0.29, 0.717) is 18.5 Å². The highest BCUT2D eigenvalue weighted by molar-refractivity contribution is 5.95. The van der Waals surface area contributed by atoms with Gasteiger partial charge >= 0.3 is 6.03 Å². The lowest BCUT2D eigenvalue weighted by Gasteiger charge is -2.31. The van der Waals surface area contributed by atoms with Crippen molar-refractivity contribution in [1.29, 1.82) is 0 Å². The van der Waals surface area contributed by atoms with Crippen molar-refractivity contribution in [3.63, 3.8) is 0 Å². The molecule has 3 amide bonds. The number of likely N-dealkylation sites (N-methyl/N-ethyl adjacent to an activating group) is 1. The van der Waals surface area contributed by atoms with E-state index >= 15 is 0 Å². The summed E-state index contributed by atoms with van der Waals surface area (Å²) in [5.41, 5.74) is 0. The standard InChI is InChI=1S/C13H26N4O2.ClH/c1-10(2)7-15-13(19)16-12(18)9-17-6-4-5-11(8-17)14-3;/h10-11,14H,4-9H2,1-3H3,(H2,15,16,18,19);1H. The lowest BCUT2D eigenvalue weighted by molar-refractivity contribution is -0.121. The molecule has 3 N–H and O–H groups in total. The van der Waals surface area contributed by atoms with Crippen molar-refractivity contribution >= 4 is 24.3 Å². The third-order valence-corrected chi connectivity index (χ3v) is 3.20. The van der Waals surface area contributed by atoms with Crippen LogP contribution in [0.3, 0.4) is 0 Å². The Morgan fingerprint density at radius 2 is 2.05 bits per heavy atom. The summed E-state index contributed by atoms with van der Waals surface area (Å²) in [5, 5.41) is 8.26. The van der Waals surface area contributed by atoms with Gasteiger partial charge in [0.05, 0.1) is 6.54 Å². The third-order valence-electron chi connectivity index (χ3n) is 3.20. The summed E-state index contributed by atoms with van der Waals surface area (Å²) in [6.45, 7) is 6.65. The molecule has 1 fully saturated rings. The van der Waals surface area contributed by atoms with Crippen LogP contribution in [0.4, 0.5) is 4.79 Å². The molecule has 0 bridgehead atoms. The Hall–Kier alpha value is -0.850. The number of carbonyl (C=O) groups is 2. The Morgan fingerprint density at radius 3 is 2.65 bits per heavy atom. The average molecular weight is 307 g/mol. The van der Waals surface area contributed by atoms with Gasteiger partial charge in [-0.1, -0.05) is 13.8 Å². The van der Waals surface area contributed by atoms with Crippen molar-refractivity contribution in [2.75, 3.05) is 33.2 Å². The van der Waals surface area contributed by atoms with Crippen LogP contribution in [-0.2, 0) is 4.79 Å². The fourth-order valence-electron chi connectivity index (χ4n) is 2.15. The zero-order valence-corrected chi connectivity index (χ0v) is 13.4. The van der Waals surface area contributed by atoms with Gasteiger partial charge in [0.2, 0.25) is 5.91 Å². The summed E-state index contributed by atoms with van der Waals surface area (Å²) >= 11 is 0. The molecule has 0 aromatic rings. The first kappa shape index (κ1) is 19.1. The molecule has 1 heterocycles. The zero-order chi connectivity index (χ0) is 14.3. The second kappa shape index (κ2) is 9.96. The number of hydrogen-bond donors (Lipinski definition) is 3. The van der Waals surface area contributed by atoms with Gasteiger partial charge < -0.3 is 10.6 Å². The topological polar surface area (TPSA) is 73.5 Å². The number of halogens is 1. The van der Waals surface area contributed by atoms with Crippen LogP contribution < -0.4 is 16.0 Å². The molecule has 0 aliphatic carbocycles. The normalized spacial score (nSPS) is 19.3. The van der Waals surface area contributed by atoms with Crippen LogP contribution in [-0.4, -0.2) is 56.1 Å². The van der Waals surface area contributed by atoms with Gasteiger partial charge in [0.1, 0.15) is 0 Å². The Morgan fingerprint density at radius 1 is 1.35 bits per heavy atom. The van der Waals surface area contributed by atoms with Gasteiger partial charge in [-0.15, -0.1) is 12.4 Å². The van der Waals surface area contributed by atoms with E-state index in [1.54, 1.807) is 0 Å². The number of imide groups is 1. The maximum atomic E-state index is 11.7. The highest BCUT2D eigenvalue weighted by Crippen LogP contribution is 2.08. The molecule has 1 saturated heterocycles. The quantitative estimate of drug-likeness (QED) is 0.694. The summed E-state index contributed by atoms with van der Waals surface area (Å²) in [5.74, 6) is 0.136. The summed E-state index contributed by atoms with van der Waals surface area (Å²) < 4.78 is 0. The minimum Gasteiger partial charge on any atom is -0.338 e. The maximum absolute atomic E-state index is 11.7. The van der Waals surface area contributed by atoms with E-state index in [1.165, 1.54) is 0 Å². The molecule has 118 valence electrons. The monoisotopic (exact) mass is 306 g/mol. The number of likely N-dealkylation sites (tertiary alicyclic amines) is 1. The molecule has 1 aliphatic rings. The van der Waals surface area contributed by atoms with Crippen LogP contribution in [0.5, 0.6) is 0 Å². The van der Waals surface area contributed by atoms with E-state index < -0.39 is 6.03 Å². The van der Waals surface area contributed by atoms with Gasteiger partial charge in [0.15, 0.2) is 0 Å². The number of amides is 3. The molecule has 20 heavy (non-hydrogen) atoms. The van der Waals surface area contributed by atoms with Crippen LogP contribution in [0.15, 0.2) is 0 Å². The van der Waals surface area contributed by atoms with E-state index in [9.17, 15) is 9.59 Å². The lowest BCUT2D eigenvalue weighted by Crippen LogP contribution is -2.50. The number of piperidine rings is 1. The molecule has 1 aliphatic heterocycles. The van der Waals surface area contributed by atoms with Crippen molar-refractivity contribution in [3.05, 3.63) is 0 Å². The Kier molecular flexibility index (Phi) is 9.54. The third kappa shape index (κ3) is 7.67. The molecule has 0 radical (unpaired) electrons. The number of hydrogen-bond acceptors (Lipinski definition) is 4. The van der Waals surface area contributed by atoms with Crippen molar-refractivity contribution in [3.8, 4) is 0 Å². The van der Waals surface area contributed by atoms with Gasteiger partial charge in [-0.2, -0.15) is 0 Å². The molecule has 1 atom stereocenters. The van der Waals surface area contributed by atoms with E-state index in [1.807, 2.05) is 20.9 Å². The van der Waals surface area contributed by atoms with Crippen molar-refractivity contribution < 1.29 is 9.59 Å². The Bertz CT molecular complexity index is 313. The highest BCUT2D eigenvalue weighted by Gasteiger charge is 2.20. The first-order chi connectivity index (χ1) is 9.01. The van der Waals surface area contributed by atoms with Crippen LogP contribution in [0.2, 0.25) is 0 Å². The largest absolute Gasteiger partial charge is 0.338 e. The van der Waals surface area contributed by atoms with Crippen LogP contribution >= 0.6 is 12.4 Å². The molecule has 0 spiro atoms. The summed E-state index contributed by atoms with van der Waals surface area (Å²) in [6.07, 6.45) is 2.22. The smallest absolute Gasteiger partial charge is 0.321 e. The predicted molar refractivity (Wildman–Crippen MR) is 82.1 cm³/mol. The second-order valence-electron chi connectivity index (χ2n) is 5.51. The minimum atomic E-state index is -0.402. The van der Waals surface area contributed by atoms with Crippen molar-refractivity contribution in [2.24, 2.45) is 5.92 Å². The van der Waals surface area contributed by atoms with Gasteiger partial charge in [-0.25, -0.2) is 4.79 Å². The SMILES string of the molecule is CNC1CCCN(CC(=O)NC(=O)NCC(C)C)C1.Cl. The van der Waals surface area contributed by atoms with Crippen molar-refractivity contribution in [2.45, 2.75) is 32.7 Å². The highest BCUT2D eigenvalue weighted by atomic mass is 35.5. The van der Waals surface area contributed by atoms with Gasteiger partial charge in [-0.05, 0) is 32.4 Å². The minimum absolute atomic E-state index is 0. The molecular formula is C13H27ClN4O2. The number of urea groups is 1. The van der Waals surface area contributed by atoms with Gasteiger partial charge in [-0.3, -0.25) is 15.0 Å². The van der Waals surface area contributed by atoms with Crippen LogP contribution in [0.1, 0.15) is 26.7 Å². The molecule has 0 saturated carbocycles. The first-order valence-corrected chi connectivity index (χ1v) is 6.98. The van der Waals surface area contributed by atoms with Gasteiger partial charge in [0, 0.05) is 19.1 Å². The molecule has 1 rings (SSSR count). The summed E-state index contributed by atoms with van der Waals surface area (Å²) in [7, 11) is 1.94. The Balaban J connectivity index is 0.00000361. The average Bonchev–Trinajstić information content (AvgIpc) is 2.36. The maximum Gasteiger partial charge on any atom is 0.321 e. The number of rotatable bonds is 5. The van der Waals surface area contributed by atoms with E-state index in [0.717, 1.165) is 25.9 Å². The predicted octanol–water partition coefficient (Wildman–Crippen LogP) is 0.574.